The summed E-state index contributed by atoms with van der Waals surface area (Å²) in [4.78, 5) is 1.40. The van der Waals surface area contributed by atoms with E-state index in [4.69, 9.17) is 5.73 Å². The second-order valence-corrected chi connectivity index (χ2v) is 4.28. The SMILES string of the molecule is Cc1ccsc1[C@@H](N)C1CC1. The molecule has 0 spiro atoms. The van der Waals surface area contributed by atoms with E-state index in [0.717, 1.165) is 5.92 Å². The molecule has 0 bridgehead atoms. The first kappa shape index (κ1) is 7.32. The maximum atomic E-state index is 6.06. The van der Waals surface area contributed by atoms with E-state index in [1.807, 2.05) is 0 Å². The number of hydrogen-bond acceptors (Lipinski definition) is 2. The standard InChI is InChI=1S/C9H13NS/c1-6-4-5-11-9(6)8(10)7-2-3-7/h4-5,7-8H,2-3,10H2,1H3/t8-/m0/s1. The number of hydrogen-bond donors (Lipinski definition) is 1. The summed E-state index contributed by atoms with van der Waals surface area (Å²) in [7, 11) is 0. The van der Waals surface area contributed by atoms with Crippen molar-refractivity contribution in [2.45, 2.75) is 25.8 Å². The summed E-state index contributed by atoms with van der Waals surface area (Å²) < 4.78 is 0. The highest BCUT2D eigenvalue weighted by atomic mass is 32.1. The Morgan fingerprint density at radius 2 is 2.36 bits per heavy atom. The largest absolute Gasteiger partial charge is 0.323 e. The predicted molar refractivity (Wildman–Crippen MR) is 48.7 cm³/mol. The molecule has 1 atom stereocenters. The lowest BCUT2D eigenvalue weighted by Crippen LogP contribution is -2.11. The van der Waals surface area contributed by atoms with Gasteiger partial charge in [0, 0.05) is 10.9 Å². The molecule has 1 saturated carbocycles. The predicted octanol–water partition coefficient (Wildman–Crippen LogP) is 2.47. The third-order valence-corrected chi connectivity index (χ3v) is 3.45. The van der Waals surface area contributed by atoms with Gasteiger partial charge in [0.25, 0.3) is 0 Å². The smallest absolute Gasteiger partial charge is 0.0421 e. The molecule has 1 aliphatic rings. The topological polar surface area (TPSA) is 26.0 Å². The first-order valence-corrected chi connectivity index (χ1v) is 4.96. The van der Waals surface area contributed by atoms with Crippen LogP contribution in [0.25, 0.3) is 0 Å². The molecule has 1 aromatic rings. The Bertz CT molecular complexity index is 250. The molecule has 60 valence electrons. The molecule has 0 aliphatic heterocycles. The molecule has 2 N–H and O–H groups in total. The molecule has 1 heterocycles. The zero-order chi connectivity index (χ0) is 7.84. The molecule has 0 saturated heterocycles. The number of aryl methyl sites for hydroxylation is 1. The summed E-state index contributed by atoms with van der Waals surface area (Å²) in [6, 6.07) is 2.48. The van der Waals surface area contributed by atoms with Crippen LogP contribution in [0.4, 0.5) is 0 Å². The van der Waals surface area contributed by atoms with Crippen molar-refractivity contribution < 1.29 is 0 Å². The third kappa shape index (κ3) is 1.33. The van der Waals surface area contributed by atoms with E-state index in [9.17, 15) is 0 Å². The Morgan fingerprint density at radius 3 is 2.82 bits per heavy atom. The van der Waals surface area contributed by atoms with Gasteiger partial charge in [-0.1, -0.05) is 0 Å². The van der Waals surface area contributed by atoms with Crippen molar-refractivity contribution in [3.05, 3.63) is 21.9 Å². The Kier molecular flexibility index (Phi) is 1.74. The van der Waals surface area contributed by atoms with Crippen LogP contribution in [0.15, 0.2) is 11.4 Å². The minimum absolute atomic E-state index is 0.329. The van der Waals surface area contributed by atoms with Crippen molar-refractivity contribution in [3.8, 4) is 0 Å². The van der Waals surface area contributed by atoms with Crippen LogP contribution < -0.4 is 5.73 Å². The van der Waals surface area contributed by atoms with Crippen molar-refractivity contribution in [1.82, 2.24) is 0 Å². The van der Waals surface area contributed by atoms with E-state index < -0.39 is 0 Å². The monoisotopic (exact) mass is 167 g/mol. The minimum Gasteiger partial charge on any atom is -0.323 e. The van der Waals surface area contributed by atoms with Crippen LogP contribution in [0.1, 0.15) is 29.3 Å². The first-order chi connectivity index (χ1) is 5.29. The zero-order valence-electron chi connectivity index (χ0n) is 6.71. The van der Waals surface area contributed by atoms with E-state index in [2.05, 4.69) is 18.4 Å². The Labute approximate surface area is 71.2 Å². The van der Waals surface area contributed by atoms with Gasteiger partial charge in [-0.25, -0.2) is 0 Å². The van der Waals surface area contributed by atoms with Crippen molar-refractivity contribution in [2.75, 3.05) is 0 Å². The van der Waals surface area contributed by atoms with Crippen LogP contribution in [0.5, 0.6) is 0 Å². The van der Waals surface area contributed by atoms with Crippen LogP contribution in [0, 0.1) is 12.8 Å². The highest BCUT2D eigenvalue weighted by molar-refractivity contribution is 7.10. The van der Waals surface area contributed by atoms with E-state index in [-0.39, 0.29) is 0 Å². The summed E-state index contributed by atoms with van der Waals surface area (Å²) in [5, 5.41) is 2.13. The van der Waals surface area contributed by atoms with Gasteiger partial charge in [-0.2, -0.15) is 0 Å². The maximum Gasteiger partial charge on any atom is 0.0421 e. The molecule has 1 aromatic heterocycles. The Hall–Kier alpha value is -0.340. The van der Waals surface area contributed by atoms with Crippen LogP contribution in [-0.2, 0) is 0 Å². The molecule has 2 rings (SSSR count). The zero-order valence-corrected chi connectivity index (χ0v) is 7.53. The molecule has 11 heavy (non-hydrogen) atoms. The van der Waals surface area contributed by atoms with Gasteiger partial charge < -0.3 is 5.73 Å². The van der Waals surface area contributed by atoms with Crippen LogP contribution in [-0.4, -0.2) is 0 Å². The minimum atomic E-state index is 0.329. The summed E-state index contributed by atoms with van der Waals surface area (Å²) in [6.07, 6.45) is 2.66. The molecule has 1 aliphatic carbocycles. The molecule has 0 unspecified atom stereocenters. The quantitative estimate of drug-likeness (QED) is 0.719. The molecule has 0 radical (unpaired) electrons. The molecule has 0 amide bonds. The highest BCUT2D eigenvalue weighted by Gasteiger charge is 2.30. The average molecular weight is 167 g/mol. The van der Waals surface area contributed by atoms with Gasteiger partial charge in [-0.15, -0.1) is 11.3 Å². The summed E-state index contributed by atoms with van der Waals surface area (Å²) >= 11 is 1.80. The summed E-state index contributed by atoms with van der Waals surface area (Å²) in [5.74, 6) is 0.785. The normalized spacial score (nSPS) is 20.2. The van der Waals surface area contributed by atoms with Crippen LogP contribution >= 0.6 is 11.3 Å². The fraction of sp³-hybridized carbons (Fsp3) is 0.556. The second kappa shape index (κ2) is 2.61. The van der Waals surface area contributed by atoms with Crippen molar-refractivity contribution >= 4 is 11.3 Å². The fourth-order valence-electron chi connectivity index (χ4n) is 1.40. The molecule has 0 aromatic carbocycles. The summed E-state index contributed by atoms with van der Waals surface area (Å²) in [5.41, 5.74) is 7.43. The Morgan fingerprint density at radius 1 is 1.64 bits per heavy atom. The van der Waals surface area contributed by atoms with Crippen molar-refractivity contribution in [3.63, 3.8) is 0 Å². The second-order valence-electron chi connectivity index (χ2n) is 3.33. The third-order valence-electron chi connectivity index (χ3n) is 2.33. The van der Waals surface area contributed by atoms with Gasteiger partial charge in [0.05, 0.1) is 0 Å². The highest BCUT2D eigenvalue weighted by Crippen LogP contribution is 2.41. The van der Waals surface area contributed by atoms with Gasteiger partial charge in [-0.3, -0.25) is 0 Å². The van der Waals surface area contributed by atoms with Crippen LogP contribution in [0.2, 0.25) is 0 Å². The van der Waals surface area contributed by atoms with Gasteiger partial charge >= 0.3 is 0 Å². The summed E-state index contributed by atoms with van der Waals surface area (Å²) in [6.45, 7) is 2.15. The molecular formula is C9H13NS. The first-order valence-electron chi connectivity index (χ1n) is 4.08. The number of thiophene rings is 1. The maximum absolute atomic E-state index is 6.06. The lowest BCUT2D eigenvalue weighted by molar-refractivity contribution is 0.642. The van der Waals surface area contributed by atoms with Gasteiger partial charge in [0.1, 0.15) is 0 Å². The number of nitrogens with two attached hydrogens (primary N) is 1. The van der Waals surface area contributed by atoms with E-state index in [0.29, 0.717) is 6.04 Å². The molecular weight excluding hydrogens is 154 g/mol. The number of rotatable bonds is 2. The van der Waals surface area contributed by atoms with Crippen LogP contribution in [0.3, 0.4) is 0 Å². The fourth-order valence-corrected chi connectivity index (χ4v) is 2.42. The lowest BCUT2D eigenvalue weighted by atomic mass is 10.1. The average Bonchev–Trinajstić information content (AvgIpc) is 2.74. The van der Waals surface area contributed by atoms with Gasteiger partial charge in [0.15, 0.2) is 0 Å². The van der Waals surface area contributed by atoms with E-state index >= 15 is 0 Å². The van der Waals surface area contributed by atoms with Crippen molar-refractivity contribution in [1.29, 1.82) is 0 Å². The molecule has 1 nitrogen and oxygen atoms in total. The van der Waals surface area contributed by atoms with E-state index in [1.54, 1.807) is 11.3 Å². The lowest BCUT2D eigenvalue weighted by Gasteiger charge is -2.08. The Balaban J connectivity index is 2.20. The van der Waals surface area contributed by atoms with Crippen molar-refractivity contribution in [2.24, 2.45) is 11.7 Å². The molecule has 1 fully saturated rings. The van der Waals surface area contributed by atoms with Gasteiger partial charge in [-0.05, 0) is 42.7 Å². The molecule has 2 heteroatoms. The van der Waals surface area contributed by atoms with Gasteiger partial charge in [0.2, 0.25) is 0 Å². The van der Waals surface area contributed by atoms with E-state index in [1.165, 1.54) is 23.3 Å².